The molecule has 1 N–H and O–H groups in total. The van der Waals surface area contributed by atoms with E-state index in [4.69, 9.17) is 0 Å². The molecule has 2 heterocycles. The van der Waals surface area contributed by atoms with Gasteiger partial charge in [-0.1, -0.05) is 0 Å². The van der Waals surface area contributed by atoms with Crippen LogP contribution >= 0.6 is 0 Å². The molecule has 1 atom stereocenters. The van der Waals surface area contributed by atoms with E-state index in [9.17, 15) is 13.2 Å². The number of hydrogen-bond donors (Lipinski definition) is 1. The summed E-state index contributed by atoms with van der Waals surface area (Å²) < 4.78 is 26.2. The SMILES string of the molecule is Cc1c(NC(=O)C2CCCN(S(C)(=O)=O)C2)cnn1C. The summed E-state index contributed by atoms with van der Waals surface area (Å²) in [4.78, 5) is 12.2. The first kappa shape index (κ1) is 15.0. The van der Waals surface area contributed by atoms with Crippen LogP contribution in [0, 0.1) is 12.8 Å². The van der Waals surface area contributed by atoms with Gasteiger partial charge < -0.3 is 5.32 Å². The fraction of sp³-hybridized carbons (Fsp3) is 0.667. The second kappa shape index (κ2) is 5.53. The van der Waals surface area contributed by atoms with Crippen LogP contribution in [0.1, 0.15) is 18.5 Å². The third kappa shape index (κ3) is 3.18. The monoisotopic (exact) mass is 300 g/mol. The topological polar surface area (TPSA) is 84.3 Å². The molecule has 0 bridgehead atoms. The van der Waals surface area contributed by atoms with Gasteiger partial charge in [-0.05, 0) is 19.8 Å². The van der Waals surface area contributed by atoms with Gasteiger partial charge in [0.25, 0.3) is 0 Å². The third-order valence-corrected chi connectivity index (χ3v) is 4.99. The quantitative estimate of drug-likeness (QED) is 0.872. The van der Waals surface area contributed by atoms with Crippen molar-refractivity contribution in [2.45, 2.75) is 19.8 Å². The molecule has 7 nitrogen and oxygen atoms in total. The zero-order chi connectivity index (χ0) is 14.9. The lowest BCUT2D eigenvalue weighted by Gasteiger charge is -2.30. The number of anilines is 1. The molecular weight excluding hydrogens is 280 g/mol. The van der Waals surface area contributed by atoms with E-state index in [2.05, 4.69) is 10.4 Å². The molecule has 8 heteroatoms. The second-order valence-corrected chi connectivity index (χ2v) is 7.20. The van der Waals surface area contributed by atoms with Crippen molar-refractivity contribution in [3.05, 3.63) is 11.9 Å². The van der Waals surface area contributed by atoms with Crippen LogP contribution in [0.15, 0.2) is 6.20 Å². The molecule has 0 aliphatic carbocycles. The maximum absolute atomic E-state index is 12.2. The summed E-state index contributed by atoms with van der Waals surface area (Å²) >= 11 is 0. The molecule has 0 aromatic carbocycles. The minimum atomic E-state index is -3.23. The fourth-order valence-electron chi connectivity index (χ4n) is 2.31. The predicted octanol–water partition coefficient (Wildman–Crippen LogP) is 0.339. The summed E-state index contributed by atoms with van der Waals surface area (Å²) in [6.45, 7) is 2.62. The van der Waals surface area contributed by atoms with Crippen LogP contribution in [-0.2, 0) is 21.9 Å². The molecule has 1 aromatic rings. The predicted molar refractivity (Wildman–Crippen MR) is 75.7 cm³/mol. The third-order valence-electron chi connectivity index (χ3n) is 3.72. The first-order chi connectivity index (χ1) is 9.29. The van der Waals surface area contributed by atoms with Crippen LogP contribution in [0.2, 0.25) is 0 Å². The van der Waals surface area contributed by atoms with E-state index in [-0.39, 0.29) is 18.4 Å². The highest BCUT2D eigenvalue weighted by Gasteiger charge is 2.30. The first-order valence-corrected chi connectivity index (χ1v) is 8.38. The minimum absolute atomic E-state index is 0.144. The van der Waals surface area contributed by atoms with Gasteiger partial charge in [-0.25, -0.2) is 12.7 Å². The molecule has 2 rings (SSSR count). The van der Waals surface area contributed by atoms with Crippen molar-refractivity contribution in [1.82, 2.24) is 14.1 Å². The average Bonchev–Trinajstić information content (AvgIpc) is 2.70. The van der Waals surface area contributed by atoms with E-state index in [1.807, 2.05) is 6.92 Å². The van der Waals surface area contributed by atoms with E-state index in [0.717, 1.165) is 5.69 Å². The van der Waals surface area contributed by atoms with Crippen molar-refractivity contribution in [2.24, 2.45) is 13.0 Å². The van der Waals surface area contributed by atoms with Gasteiger partial charge >= 0.3 is 0 Å². The van der Waals surface area contributed by atoms with Crippen molar-refractivity contribution >= 4 is 21.6 Å². The Balaban J connectivity index is 2.04. The van der Waals surface area contributed by atoms with Crippen LogP contribution < -0.4 is 5.32 Å². The number of carbonyl (C=O) groups is 1. The number of sulfonamides is 1. The molecule has 112 valence electrons. The molecule has 1 aromatic heterocycles. The highest BCUT2D eigenvalue weighted by atomic mass is 32.2. The Morgan fingerprint density at radius 3 is 2.75 bits per heavy atom. The van der Waals surface area contributed by atoms with Crippen LogP contribution in [-0.4, -0.2) is 47.8 Å². The number of amides is 1. The first-order valence-electron chi connectivity index (χ1n) is 6.53. The summed E-state index contributed by atoms with van der Waals surface area (Å²) in [5.74, 6) is -0.451. The molecule has 20 heavy (non-hydrogen) atoms. The van der Waals surface area contributed by atoms with E-state index < -0.39 is 10.0 Å². The number of aryl methyl sites for hydroxylation is 1. The van der Waals surface area contributed by atoms with E-state index in [1.54, 1.807) is 17.9 Å². The number of piperidine rings is 1. The molecule has 1 unspecified atom stereocenters. The molecule has 1 saturated heterocycles. The standard InChI is InChI=1S/C12H20N4O3S/c1-9-11(7-13-15(9)2)14-12(17)10-5-4-6-16(8-10)20(3,18)19/h7,10H,4-6,8H2,1-3H3,(H,14,17). The lowest BCUT2D eigenvalue weighted by molar-refractivity contribution is -0.120. The number of hydrogen-bond acceptors (Lipinski definition) is 4. The average molecular weight is 300 g/mol. The summed E-state index contributed by atoms with van der Waals surface area (Å²) in [7, 11) is -1.43. The van der Waals surface area contributed by atoms with Crippen LogP contribution in [0.3, 0.4) is 0 Å². The number of aromatic nitrogens is 2. The summed E-state index contributed by atoms with van der Waals surface area (Å²) in [6, 6.07) is 0. The van der Waals surface area contributed by atoms with Gasteiger partial charge in [0.05, 0.1) is 29.8 Å². The van der Waals surface area contributed by atoms with Gasteiger partial charge in [0.15, 0.2) is 0 Å². The maximum atomic E-state index is 12.2. The van der Waals surface area contributed by atoms with Crippen molar-refractivity contribution in [2.75, 3.05) is 24.7 Å². The highest BCUT2D eigenvalue weighted by Crippen LogP contribution is 2.21. The lowest BCUT2D eigenvalue weighted by atomic mass is 9.99. The summed E-state index contributed by atoms with van der Waals surface area (Å²) in [5, 5.41) is 6.89. The number of nitrogens with zero attached hydrogens (tertiary/aromatic N) is 3. The Bertz CT molecular complexity index is 608. The van der Waals surface area contributed by atoms with Gasteiger partial charge in [0.1, 0.15) is 0 Å². The zero-order valence-corrected chi connectivity index (χ0v) is 12.8. The number of carbonyl (C=O) groups excluding carboxylic acids is 1. The molecule has 0 spiro atoms. The van der Waals surface area contributed by atoms with E-state index in [0.29, 0.717) is 25.1 Å². The zero-order valence-electron chi connectivity index (χ0n) is 12.0. The van der Waals surface area contributed by atoms with Crippen molar-refractivity contribution < 1.29 is 13.2 Å². The molecule has 1 fully saturated rings. The van der Waals surface area contributed by atoms with E-state index in [1.165, 1.54) is 10.6 Å². The Morgan fingerprint density at radius 1 is 1.50 bits per heavy atom. The van der Waals surface area contributed by atoms with Crippen molar-refractivity contribution in [3.8, 4) is 0 Å². The van der Waals surface area contributed by atoms with E-state index >= 15 is 0 Å². The Morgan fingerprint density at radius 2 is 2.20 bits per heavy atom. The van der Waals surface area contributed by atoms with Crippen molar-refractivity contribution in [1.29, 1.82) is 0 Å². The molecule has 1 amide bonds. The Hall–Kier alpha value is -1.41. The normalized spacial score (nSPS) is 20.9. The molecular formula is C12H20N4O3S. The van der Waals surface area contributed by atoms with Gasteiger partial charge in [0.2, 0.25) is 15.9 Å². The largest absolute Gasteiger partial charge is 0.323 e. The summed E-state index contributed by atoms with van der Waals surface area (Å²) in [5.41, 5.74) is 1.54. The second-order valence-electron chi connectivity index (χ2n) is 5.22. The highest BCUT2D eigenvalue weighted by molar-refractivity contribution is 7.88. The fourth-order valence-corrected chi connectivity index (χ4v) is 3.23. The summed E-state index contributed by atoms with van der Waals surface area (Å²) in [6.07, 6.45) is 4.19. The van der Waals surface area contributed by atoms with Crippen LogP contribution in [0.25, 0.3) is 0 Å². The Kier molecular flexibility index (Phi) is 4.14. The van der Waals surface area contributed by atoms with Gasteiger partial charge in [-0.15, -0.1) is 0 Å². The molecule has 1 aliphatic rings. The lowest BCUT2D eigenvalue weighted by Crippen LogP contribution is -2.43. The van der Waals surface area contributed by atoms with Crippen LogP contribution in [0.5, 0.6) is 0 Å². The smallest absolute Gasteiger partial charge is 0.228 e. The van der Waals surface area contributed by atoms with Gasteiger partial charge in [-0.2, -0.15) is 5.10 Å². The number of rotatable bonds is 3. The molecule has 0 saturated carbocycles. The minimum Gasteiger partial charge on any atom is -0.323 e. The molecule has 1 aliphatic heterocycles. The maximum Gasteiger partial charge on any atom is 0.228 e. The Labute approximate surface area is 119 Å². The molecule has 0 radical (unpaired) electrons. The van der Waals surface area contributed by atoms with Crippen molar-refractivity contribution in [3.63, 3.8) is 0 Å². The van der Waals surface area contributed by atoms with Gasteiger partial charge in [-0.3, -0.25) is 9.48 Å². The van der Waals surface area contributed by atoms with Crippen LogP contribution in [0.4, 0.5) is 5.69 Å². The number of nitrogens with one attached hydrogen (secondary N) is 1. The van der Waals surface area contributed by atoms with Gasteiger partial charge in [0, 0.05) is 20.1 Å².